The topological polar surface area (TPSA) is 100 Å². The van der Waals surface area contributed by atoms with Crippen molar-refractivity contribution in [1.29, 1.82) is 0 Å². The number of halogens is 1. The summed E-state index contributed by atoms with van der Waals surface area (Å²) in [4.78, 5) is 30.3. The van der Waals surface area contributed by atoms with Crippen molar-refractivity contribution in [2.75, 3.05) is 6.54 Å². The molecule has 160 valence electrons. The number of aromatic nitrogens is 2. The lowest BCUT2D eigenvalue weighted by Crippen LogP contribution is -2.34. The Morgan fingerprint density at radius 1 is 1.06 bits per heavy atom. The molecule has 1 atom stereocenters. The van der Waals surface area contributed by atoms with Crippen LogP contribution in [0.1, 0.15) is 35.2 Å². The Labute approximate surface area is 178 Å². The van der Waals surface area contributed by atoms with Gasteiger partial charge in [-0.25, -0.2) is 9.18 Å². The van der Waals surface area contributed by atoms with Crippen molar-refractivity contribution in [2.45, 2.75) is 32.0 Å². The van der Waals surface area contributed by atoms with Crippen LogP contribution >= 0.6 is 0 Å². The molecule has 31 heavy (non-hydrogen) atoms. The minimum Gasteiger partial charge on any atom is -0.338 e. The molecule has 2 heterocycles. The van der Waals surface area contributed by atoms with Crippen LogP contribution < -0.4 is 10.6 Å². The van der Waals surface area contributed by atoms with Gasteiger partial charge in [-0.3, -0.25) is 4.79 Å². The highest BCUT2D eigenvalue weighted by atomic mass is 19.1. The Balaban J connectivity index is 1.26. The van der Waals surface area contributed by atoms with Gasteiger partial charge in [0.15, 0.2) is 5.82 Å². The second-order valence-corrected chi connectivity index (χ2v) is 7.37. The van der Waals surface area contributed by atoms with Crippen molar-refractivity contribution < 1.29 is 18.5 Å². The lowest BCUT2D eigenvalue weighted by molar-refractivity contribution is -0.128. The zero-order valence-electron chi connectivity index (χ0n) is 16.8. The molecule has 4 rings (SSSR count). The lowest BCUT2D eigenvalue weighted by atomic mass is 10.1. The van der Waals surface area contributed by atoms with Gasteiger partial charge in [0.2, 0.25) is 11.8 Å². The average molecular weight is 423 g/mol. The zero-order chi connectivity index (χ0) is 21.6. The molecule has 8 nitrogen and oxygen atoms in total. The van der Waals surface area contributed by atoms with E-state index in [1.165, 1.54) is 12.1 Å². The number of likely N-dealkylation sites (tertiary alicyclic amines) is 1. The van der Waals surface area contributed by atoms with Gasteiger partial charge < -0.3 is 20.1 Å². The van der Waals surface area contributed by atoms with E-state index in [1.54, 1.807) is 17.0 Å². The van der Waals surface area contributed by atoms with Crippen LogP contribution in [0.4, 0.5) is 9.18 Å². The van der Waals surface area contributed by atoms with E-state index in [9.17, 15) is 14.0 Å². The van der Waals surface area contributed by atoms with Crippen molar-refractivity contribution in [3.63, 3.8) is 0 Å². The first kappa shape index (κ1) is 20.5. The number of benzene rings is 2. The Kier molecular flexibility index (Phi) is 6.21. The van der Waals surface area contributed by atoms with Gasteiger partial charge in [-0.05, 0) is 23.3 Å². The summed E-state index contributed by atoms with van der Waals surface area (Å²) in [5.41, 5.74) is 1.85. The van der Waals surface area contributed by atoms with Crippen molar-refractivity contribution in [3.05, 3.63) is 83.3 Å². The fraction of sp³-hybridized carbons (Fsp3) is 0.273. The van der Waals surface area contributed by atoms with Crippen LogP contribution in [0.5, 0.6) is 0 Å². The molecule has 9 heteroatoms. The van der Waals surface area contributed by atoms with Crippen LogP contribution in [-0.4, -0.2) is 33.5 Å². The number of amides is 3. The van der Waals surface area contributed by atoms with E-state index < -0.39 is 0 Å². The summed E-state index contributed by atoms with van der Waals surface area (Å²) in [6.45, 7) is 1.37. The molecule has 0 radical (unpaired) electrons. The van der Waals surface area contributed by atoms with Crippen molar-refractivity contribution in [1.82, 2.24) is 25.7 Å². The van der Waals surface area contributed by atoms with Gasteiger partial charge in [0, 0.05) is 32.0 Å². The molecule has 1 aliphatic rings. The molecular formula is C22H22FN5O3. The largest absolute Gasteiger partial charge is 0.338 e. The molecule has 3 amide bonds. The van der Waals surface area contributed by atoms with Crippen molar-refractivity contribution in [3.8, 4) is 0 Å². The zero-order valence-corrected chi connectivity index (χ0v) is 16.8. The predicted molar refractivity (Wildman–Crippen MR) is 109 cm³/mol. The van der Waals surface area contributed by atoms with Gasteiger partial charge in [-0.2, -0.15) is 4.98 Å². The Morgan fingerprint density at radius 3 is 2.58 bits per heavy atom. The van der Waals surface area contributed by atoms with Crippen molar-refractivity contribution >= 4 is 11.9 Å². The van der Waals surface area contributed by atoms with E-state index in [0.717, 1.165) is 11.1 Å². The monoisotopic (exact) mass is 423 g/mol. The molecule has 0 bridgehead atoms. The van der Waals surface area contributed by atoms with E-state index in [2.05, 4.69) is 20.8 Å². The molecule has 1 fully saturated rings. The Bertz CT molecular complexity index is 1040. The third-order valence-electron chi connectivity index (χ3n) is 5.05. The first-order chi connectivity index (χ1) is 15.1. The minimum absolute atomic E-state index is 0.0147. The standard InChI is InChI=1S/C22H22FN5O3/c23-18-8-6-16(7-9-18)13-28-14-17(10-20(28)29)21-26-19(31-27-21)12-25-22(30)24-11-15-4-2-1-3-5-15/h1-9,17H,10-14H2,(H2,24,25,30)/t17-/m1/s1. The van der Waals surface area contributed by atoms with Crippen LogP contribution in [0, 0.1) is 5.82 Å². The third-order valence-corrected chi connectivity index (χ3v) is 5.05. The number of rotatable bonds is 7. The van der Waals surface area contributed by atoms with Gasteiger partial charge >= 0.3 is 6.03 Å². The lowest BCUT2D eigenvalue weighted by Gasteiger charge is -2.16. The van der Waals surface area contributed by atoms with Crippen molar-refractivity contribution in [2.24, 2.45) is 0 Å². The summed E-state index contributed by atoms with van der Waals surface area (Å²) in [6.07, 6.45) is 0.283. The molecule has 1 saturated heterocycles. The molecule has 0 spiro atoms. The van der Waals surface area contributed by atoms with Crippen LogP contribution in [-0.2, 0) is 24.4 Å². The number of carbonyl (C=O) groups excluding carboxylic acids is 2. The highest BCUT2D eigenvalue weighted by Gasteiger charge is 2.33. The first-order valence-corrected chi connectivity index (χ1v) is 9.97. The Hall–Kier alpha value is -3.75. The summed E-state index contributed by atoms with van der Waals surface area (Å²) in [5.74, 6) is 0.207. The van der Waals surface area contributed by atoms with E-state index in [4.69, 9.17) is 4.52 Å². The Morgan fingerprint density at radius 2 is 1.81 bits per heavy atom. The highest BCUT2D eigenvalue weighted by molar-refractivity contribution is 5.79. The molecule has 2 aromatic carbocycles. The molecule has 3 aromatic rings. The van der Waals surface area contributed by atoms with E-state index >= 15 is 0 Å². The third kappa shape index (κ3) is 5.44. The summed E-state index contributed by atoms with van der Waals surface area (Å²) >= 11 is 0. The first-order valence-electron chi connectivity index (χ1n) is 9.97. The number of carbonyl (C=O) groups is 2. The SMILES string of the molecule is O=C(NCc1ccccc1)NCc1nc([C@@H]2CC(=O)N(Cc3ccc(F)cc3)C2)no1. The maximum atomic E-state index is 13.1. The van der Waals surface area contributed by atoms with E-state index in [1.807, 2.05) is 30.3 Å². The number of urea groups is 1. The van der Waals surface area contributed by atoms with Gasteiger partial charge in [-0.1, -0.05) is 47.6 Å². The second kappa shape index (κ2) is 9.38. The smallest absolute Gasteiger partial charge is 0.315 e. The van der Waals surface area contributed by atoms with Crippen LogP contribution in [0.3, 0.4) is 0 Å². The van der Waals surface area contributed by atoms with Gasteiger partial charge in [-0.15, -0.1) is 0 Å². The summed E-state index contributed by atoms with van der Waals surface area (Å²) in [6, 6.07) is 15.3. The molecule has 0 saturated carbocycles. The van der Waals surface area contributed by atoms with E-state index in [-0.39, 0.29) is 42.5 Å². The summed E-state index contributed by atoms with van der Waals surface area (Å²) in [5, 5.41) is 9.40. The maximum absolute atomic E-state index is 13.1. The van der Waals surface area contributed by atoms with Crippen LogP contribution in [0.15, 0.2) is 59.1 Å². The fourth-order valence-electron chi connectivity index (χ4n) is 3.41. The predicted octanol–water partition coefficient (Wildman–Crippen LogP) is 2.72. The fourth-order valence-corrected chi connectivity index (χ4v) is 3.41. The van der Waals surface area contributed by atoms with Gasteiger partial charge in [0.05, 0.1) is 6.54 Å². The molecule has 0 unspecified atom stereocenters. The molecule has 1 aliphatic heterocycles. The van der Waals surface area contributed by atoms with Gasteiger partial charge in [0.1, 0.15) is 5.82 Å². The van der Waals surface area contributed by atoms with Gasteiger partial charge in [0.25, 0.3) is 0 Å². The number of nitrogens with zero attached hydrogens (tertiary/aromatic N) is 3. The number of hydrogen-bond donors (Lipinski definition) is 2. The average Bonchev–Trinajstić information content (AvgIpc) is 3.40. The normalized spacial score (nSPS) is 15.8. The van der Waals surface area contributed by atoms with Crippen LogP contribution in [0.2, 0.25) is 0 Å². The highest BCUT2D eigenvalue weighted by Crippen LogP contribution is 2.27. The molecule has 1 aromatic heterocycles. The second-order valence-electron chi connectivity index (χ2n) is 7.37. The quantitative estimate of drug-likeness (QED) is 0.609. The summed E-state index contributed by atoms with van der Waals surface area (Å²) in [7, 11) is 0. The number of hydrogen-bond acceptors (Lipinski definition) is 5. The number of nitrogens with one attached hydrogen (secondary N) is 2. The maximum Gasteiger partial charge on any atom is 0.315 e. The molecule has 0 aliphatic carbocycles. The molecular weight excluding hydrogens is 401 g/mol. The van der Waals surface area contributed by atoms with Crippen LogP contribution in [0.25, 0.3) is 0 Å². The van der Waals surface area contributed by atoms with E-state index in [0.29, 0.717) is 25.5 Å². The minimum atomic E-state index is -0.342. The summed E-state index contributed by atoms with van der Waals surface area (Å²) < 4.78 is 18.3. The molecule has 2 N–H and O–H groups in total.